The van der Waals surface area contributed by atoms with E-state index in [0.29, 0.717) is 10.8 Å². The molecule has 3 nitrogen and oxygen atoms in total. The van der Waals surface area contributed by atoms with Crippen molar-refractivity contribution in [2.45, 2.75) is 32.8 Å². The van der Waals surface area contributed by atoms with Crippen molar-refractivity contribution < 1.29 is 9.57 Å². The molecule has 0 bridgehead atoms. The summed E-state index contributed by atoms with van der Waals surface area (Å²) in [5.41, 5.74) is 2.02. The third kappa shape index (κ3) is 2.88. The number of nitrogens with two attached hydrogens (primary N) is 1. The molecule has 0 saturated carbocycles. The predicted molar refractivity (Wildman–Crippen MR) is 65.7 cm³/mol. The second kappa shape index (κ2) is 5.04. The summed E-state index contributed by atoms with van der Waals surface area (Å²) in [5, 5.41) is 0.585. The number of hydrogen-bond donors (Lipinski definition) is 1. The second-order valence-corrected chi connectivity index (χ2v) is 5.12. The number of benzene rings is 1. The van der Waals surface area contributed by atoms with Crippen molar-refractivity contribution in [3.8, 4) is 5.75 Å². The lowest BCUT2D eigenvalue weighted by Crippen LogP contribution is -2.12. The van der Waals surface area contributed by atoms with Gasteiger partial charge in [-0.25, -0.2) is 5.90 Å². The first-order valence-corrected chi connectivity index (χ1v) is 5.46. The minimum Gasteiger partial charge on any atom is -0.495 e. The van der Waals surface area contributed by atoms with Gasteiger partial charge in [0.1, 0.15) is 5.75 Å². The molecule has 0 unspecified atom stereocenters. The van der Waals surface area contributed by atoms with Crippen molar-refractivity contribution in [1.82, 2.24) is 0 Å². The normalized spacial score (nSPS) is 11.6. The lowest BCUT2D eigenvalue weighted by molar-refractivity contribution is 0.122. The van der Waals surface area contributed by atoms with Crippen LogP contribution in [0.4, 0.5) is 0 Å². The zero-order valence-corrected chi connectivity index (χ0v) is 10.9. The van der Waals surface area contributed by atoms with Crippen LogP contribution in [0, 0.1) is 0 Å². The minimum absolute atomic E-state index is 0.0270. The van der Waals surface area contributed by atoms with Crippen LogP contribution in [0.25, 0.3) is 0 Å². The van der Waals surface area contributed by atoms with Gasteiger partial charge in [0, 0.05) is 5.56 Å². The molecule has 0 aliphatic heterocycles. The van der Waals surface area contributed by atoms with E-state index in [1.807, 2.05) is 12.1 Å². The molecule has 90 valence electrons. The Balaban J connectivity index is 3.28. The molecule has 4 heteroatoms. The summed E-state index contributed by atoms with van der Waals surface area (Å²) in [6.07, 6.45) is 0. The summed E-state index contributed by atoms with van der Waals surface area (Å²) in [7, 11) is 1.58. The lowest BCUT2D eigenvalue weighted by atomic mass is 9.86. The van der Waals surface area contributed by atoms with Gasteiger partial charge in [-0.05, 0) is 23.1 Å². The fourth-order valence-electron chi connectivity index (χ4n) is 1.51. The SMILES string of the molecule is COc1c(Cl)cc(C(C)(C)C)cc1CON. The van der Waals surface area contributed by atoms with Crippen molar-refractivity contribution >= 4 is 11.6 Å². The Hall–Kier alpha value is -0.770. The highest BCUT2D eigenvalue weighted by Gasteiger charge is 2.18. The van der Waals surface area contributed by atoms with E-state index in [9.17, 15) is 0 Å². The first-order chi connectivity index (χ1) is 7.40. The Morgan fingerprint density at radius 1 is 1.31 bits per heavy atom. The van der Waals surface area contributed by atoms with E-state index < -0.39 is 0 Å². The van der Waals surface area contributed by atoms with Gasteiger partial charge in [0.25, 0.3) is 0 Å². The molecule has 0 heterocycles. The Labute approximate surface area is 101 Å². The van der Waals surface area contributed by atoms with E-state index in [0.717, 1.165) is 11.1 Å². The van der Waals surface area contributed by atoms with Gasteiger partial charge in [-0.15, -0.1) is 0 Å². The van der Waals surface area contributed by atoms with Crippen LogP contribution in [0.1, 0.15) is 31.9 Å². The van der Waals surface area contributed by atoms with E-state index in [2.05, 4.69) is 25.6 Å². The Morgan fingerprint density at radius 2 is 1.94 bits per heavy atom. The highest BCUT2D eigenvalue weighted by atomic mass is 35.5. The maximum absolute atomic E-state index is 6.16. The maximum atomic E-state index is 6.16. The third-order valence-electron chi connectivity index (χ3n) is 2.43. The monoisotopic (exact) mass is 243 g/mol. The largest absolute Gasteiger partial charge is 0.495 e. The Kier molecular flexibility index (Phi) is 4.19. The van der Waals surface area contributed by atoms with Gasteiger partial charge < -0.3 is 4.74 Å². The van der Waals surface area contributed by atoms with Crippen LogP contribution < -0.4 is 10.6 Å². The molecular weight excluding hydrogens is 226 g/mol. The molecule has 0 fully saturated rings. The molecule has 0 aliphatic carbocycles. The molecule has 0 radical (unpaired) electrons. The van der Waals surface area contributed by atoms with E-state index in [-0.39, 0.29) is 12.0 Å². The number of hydrogen-bond acceptors (Lipinski definition) is 3. The van der Waals surface area contributed by atoms with E-state index in [1.165, 1.54) is 0 Å². The van der Waals surface area contributed by atoms with Crippen molar-refractivity contribution in [2.75, 3.05) is 7.11 Å². The van der Waals surface area contributed by atoms with E-state index in [1.54, 1.807) is 7.11 Å². The second-order valence-electron chi connectivity index (χ2n) is 4.71. The van der Waals surface area contributed by atoms with E-state index in [4.69, 9.17) is 22.2 Å². The fourth-order valence-corrected chi connectivity index (χ4v) is 1.83. The summed E-state index contributed by atoms with van der Waals surface area (Å²) in [5.74, 6) is 5.72. The molecule has 0 amide bonds. The first kappa shape index (κ1) is 13.3. The highest BCUT2D eigenvalue weighted by molar-refractivity contribution is 6.32. The zero-order valence-electron chi connectivity index (χ0n) is 10.1. The van der Waals surface area contributed by atoms with Crippen molar-refractivity contribution in [3.05, 3.63) is 28.3 Å². The molecule has 16 heavy (non-hydrogen) atoms. The van der Waals surface area contributed by atoms with Crippen LogP contribution in [0.3, 0.4) is 0 Å². The summed E-state index contributed by atoms with van der Waals surface area (Å²) in [6, 6.07) is 3.93. The zero-order chi connectivity index (χ0) is 12.3. The number of halogens is 1. The van der Waals surface area contributed by atoms with Crippen LogP contribution in [0.5, 0.6) is 5.75 Å². The van der Waals surface area contributed by atoms with Crippen LogP contribution in [0.15, 0.2) is 12.1 Å². The summed E-state index contributed by atoms with van der Waals surface area (Å²) >= 11 is 6.16. The van der Waals surface area contributed by atoms with Crippen LogP contribution in [-0.4, -0.2) is 7.11 Å². The van der Waals surface area contributed by atoms with E-state index >= 15 is 0 Å². The van der Waals surface area contributed by atoms with Crippen molar-refractivity contribution in [3.63, 3.8) is 0 Å². The van der Waals surface area contributed by atoms with Gasteiger partial charge in [0.2, 0.25) is 0 Å². The molecule has 2 N–H and O–H groups in total. The fraction of sp³-hybridized carbons (Fsp3) is 0.500. The number of ether oxygens (including phenoxy) is 1. The minimum atomic E-state index is 0.0270. The molecule has 0 aliphatic rings. The predicted octanol–water partition coefficient (Wildman–Crippen LogP) is 3.04. The Bertz CT molecular complexity index is 372. The quantitative estimate of drug-likeness (QED) is 0.830. The Morgan fingerprint density at radius 3 is 2.38 bits per heavy atom. The molecular formula is C12H18ClNO2. The standard InChI is InChI=1S/C12H18ClNO2/c1-12(2,3)9-5-8(7-16-14)11(15-4)10(13)6-9/h5-6H,7,14H2,1-4H3. The molecule has 1 aromatic carbocycles. The molecule has 0 saturated heterocycles. The van der Waals surface area contributed by atoms with Gasteiger partial charge >= 0.3 is 0 Å². The van der Waals surface area contributed by atoms with Gasteiger partial charge in [0.15, 0.2) is 0 Å². The average Bonchev–Trinajstić information content (AvgIpc) is 2.16. The topological polar surface area (TPSA) is 44.5 Å². The lowest BCUT2D eigenvalue weighted by Gasteiger charge is -2.21. The van der Waals surface area contributed by atoms with Crippen LogP contribution >= 0.6 is 11.6 Å². The highest BCUT2D eigenvalue weighted by Crippen LogP contribution is 2.34. The average molecular weight is 244 g/mol. The molecule has 1 rings (SSSR count). The van der Waals surface area contributed by atoms with Crippen LogP contribution in [0.2, 0.25) is 5.02 Å². The van der Waals surface area contributed by atoms with Gasteiger partial charge in [-0.1, -0.05) is 32.4 Å². The third-order valence-corrected chi connectivity index (χ3v) is 2.71. The summed E-state index contributed by atoms with van der Waals surface area (Å²) < 4.78 is 5.23. The van der Waals surface area contributed by atoms with Gasteiger partial charge in [0.05, 0.1) is 18.7 Å². The maximum Gasteiger partial charge on any atom is 0.143 e. The molecule has 0 atom stereocenters. The number of methoxy groups -OCH3 is 1. The first-order valence-electron chi connectivity index (χ1n) is 5.08. The molecule has 1 aromatic rings. The smallest absolute Gasteiger partial charge is 0.143 e. The summed E-state index contributed by atoms with van der Waals surface area (Å²) in [6.45, 7) is 6.65. The van der Waals surface area contributed by atoms with Gasteiger partial charge in [-0.2, -0.15) is 0 Å². The molecule has 0 aromatic heterocycles. The van der Waals surface area contributed by atoms with Crippen LogP contribution in [-0.2, 0) is 16.9 Å². The van der Waals surface area contributed by atoms with Crippen molar-refractivity contribution in [1.29, 1.82) is 0 Å². The molecule has 0 spiro atoms. The van der Waals surface area contributed by atoms with Gasteiger partial charge in [-0.3, -0.25) is 4.84 Å². The summed E-state index contributed by atoms with van der Waals surface area (Å²) in [4.78, 5) is 4.65. The number of rotatable bonds is 3. The van der Waals surface area contributed by atoms with Crippen molar-refractivity contribution in [2.24, 2.45) is 5.90 Å².